The molecule has 0 fully saturated rings. The number of nitrogens with zero attached hydrogens (tertiary/aromatic N) is 3. The number of nitrogens with one attached hydrogen (secondary N) is 2. The van der Waals surface area contributed by atoms with Gasteiger partial charge in [-0.05, 0) is 30.9 Å². The predicted octanol–water partition coefficient (Wildman–Crippen LogP) is 2.49. The van der Waals surface area contributed by atoms with Crippen molar-refractivity contribution in [3.05, 3.63) is 40.3 Å². The Labute approximate surface area is 149 Å². The summed E-state index contributed by atoms with van der Waals surface area (Å²) in [7, 11) is 1.84. The Morgan fingerprint density at radius 1 is 1.36 bits per heavy atom. The predicted molar refractivity (Wildman–Crippen MR) is 97.8 cm³/mol. The lowest BCUT2D eigenvalue weighted by molar-refractivity contribution is -0.116. The zero-order chi connectivity index (χ0) is 17.8. The molecule has 0 aromatic carbocycles. The van der Waals surface area contributed by atoms with E-state index < -0.39 is 0 Å². The van der Waals surface area contributed by atoms with Crippen molar-refractivity contribution in [3.8, 4) is 0 Å². The third-order valence-electron chi connectivity index (χ3n) is 3.76. The Morgan fingerprint density at radius 3 is 2.96 bits per heavy atom. The van der Waals surface area contributed by atoms with E-state index in [1.165, 1.54) is 11.3 Å². The second kappa shape index (κ2) is 7.43. The van der Waals surface area contributed by atoms with Crippen LogP contribution in [0.3, 0.4) is 0 Å². The molecule has 2 N–H and O–H groups in total. The molecule has 0 aliphatic carbocycles. The van der Waals surface area contributed by atoms with Crippen LogP contribution >= 0.6 is 11.3 Å². The molecular weight excluding hydrogens is 338 g/mol. The minimum Gasteiger partial charge on any atom is -0.351 e. The molecule has 2 amide bonds. The van der Waals surface area contributed by atoms with Gasteiger partial charge in [0.25, 0.3) is 5.91 Å². The Hall–Kier alpha value is -2.74. The van der Waals surface area contributed by atoms with Crippen molar-refractivity contribution < 1.29 is 9.59 Å². The molecule has 8 heteroatoms. The molecule has 0 radical (unpaired) electrons. The highest BCUT2D eigenvalue weighted by molar-refractivity contribution is 7.12. The van der Waals surface area contributed by atoms with Crippen LogP contribution in [0.4, 0.5) is 5.69 Å². The molecule has 3 rings (SSSR count). The lowest BCUT2D eigenvalue weighted by atomic mass is 10.2. The van der Waals surface area contributed by atoms with E-state index in [4.69, 9.17) is 0 Å². The van der Waals surface area contributed by atoms with Crippen LogP contribution in [-0.2, 0) is 11.8 Å². The molecule has 3 aromatic rings. The highest BCUT2D eigenvalue weighted by atomic mass is 32.1. The van der Waals surface area contributed by atoms with E-state index in [2.05, 4.69) is 20.7 Å². The second-order valence-electron chi connectivity index (χ2n) is 5.69. The van der Waals surface area contributed by atoms with Gasteiger partial charge >= 0.3 is 0 Å². The van der Waals surface area contributed by atoms with E-state index in [1.54, 1.807) is 16.9 Å². The van der Waals surface area contributed by atoms with Crippen molar-refractivity contribution in [3.63, 3.8) is 0 Å². The number of carbonyl (C=O) groups is 2. The highest BCUT2D eigenvalue weighted by Gasteiger charge is 2.09. The summed E-state index contributed by atoms with van der Waals surface area (Å²) in [5.74, 6) is -0.204. The Balaban J connectivity index is 1.48. The molecule has 0 saturated heterocycles. The molecule has 130 valence electrons. The molecule has 0 aliphatic rings. The van der Waals surface area contributed by atoms with Crippen molar-refractivity contribution in [2.45, 2.75) is 19.8 Å². The van der Waals surface area contributed by atoms with Crippen molar-refractivity contribution in [1.82, 2.24) is 20.1 Å². The molecule has 0 saturated carbocycles. The molecule has 7 nitrogen and oxygen atoms in total. The number of carbonyl (C=O) groups excluding carboxylic acids is 2. The van der Waals surface area contributed by atoms with Gasteiger partial charge in [-0.15, -0.1) is 11.3 Å². The molecule has 3 aromatic heterocycles. The molecular formula is C17H19N5O2S. The van der Waals surface area contributed by atoms with E-state index in [-0.39, 0.29) is 11.8 Å². The third-order valence-corrected chi connectivity index (χ3v) is 4.63. The van der Waals surface area contributed by atoms with Gasteiger partial charge < -0.3 is 10.6 Å². The zero-order valence-corrected chi connectivity index (χ0v) is 14.9. The van der Waals surface area contributed by atoms with E-state index in [9.17, 15) is 9.59 Å². The Morgan fingerprint density at radius 2 is 2.20 bits per heavy atom. The van der Waals surface area contributed by atoms with E-state index in [0.29, 0.717) is 30.0 Å². The second-order valence-corrected chi connectivity index (χ2v) is 6.64. The van der Waals surface area contributed by atoms with Gasteiger partial charge in [0.1, 0.15) is 0 Å². The quantitative estimate of drug-likeness (QED) is 0.663. The van der Waals surface area contributed by atoms with Gasteiger partial charge in [0.2, 0.25) is 5.91 Å². The Bertz CT molecular complexity index is 901. The average Bonchev–Trinajstić information content (AvgIpc) is 3.21. The molecule has 0 unspecified atom stereocenters. The highest BCUT2D eigenvalue weighted by Crippen LogP contribution is 2.19. The van der Waals surface area contributed by atoms with Gasteiger partial charge in [-0.25, -0.2) is 4.98 Å². The summed E-state index contributed by atoms with van der Waals surface area (Å²) in [5, 5.41) is 12.7. The molecule has 0 spiro atoms. The molecule has 0 bridgehead atoms. The van der Waals surface area contributed by atoms with E-state index in [1.807, 2.05) is 31.5 Å². The first kappa shape index (κ1) is 17.1. The lowest BCUT2D eigenvalue weighted by Gasteiger charge is -2.06. The van der Waals surface area contributed by atoms with Crippen LogP contribution in [0.15, 0.2) is 29.8 Å². The fraction of sp³-hybridized carbons (Fsp3) is 0.294. The minimum absolute atomic E-state index is 0.0999. The van der Waals surface area contributed by atoms with Crippen molar-refractivity contribution in [2.75, 3.05) is 11.9 Å². The first-order valence-corrected chi connectivity index (χ1v) is 8.83. The number of pyridine rings is 1. The van der Waals surface area contributed by atoms with Crippen LogP contribution in [0.5, 0.6) is 0 Å². The molecule has 0 atom stereocenters. The summed E-state index contributed by atoms with van der Waals surface area (Å²) < 4.78 is 1.71. The normalized spacial score (nSPS) is 10.8. The van der Waals surface area contributed by atoms with Crippen molar-refractivity contribution in [1.29, 1.82) is 0 Å². The maximum absolute atomic E-state index is 12.0. The molecule has 25 heavy (non-hydrogen) atoms. The van der Waals surface area contributed by atoms with Gasteiger partial charge in [0.05, 0.1) is 22.5 Å². The molecule has 3 heterocycles. The van der Waals surface area contributed by atoms with Gasteiger partial charge in [0, 0.05) is 25.4 Å². The number of rotatable bonds is 6. The van der Waals surface area contributed by atoms with Crippen molar-refractivity contribution >= 4 is 39.9 Å². The molecule has 0 aliphatic heterocycles. The number of fused-ring (bicyclic) bond motifs is 1. The maximum atomic E-state index is 12.0. The van der Waals surface area contributed by atoms with Crippen LogP contribution in [0.2, 0.25) is 0 Å². The van der Waals surface area contributed by atoms with Crippen LogP contribution in [0, 0.1) is 6.92 Å². The fourth-order valence-corrected chi connectivity index (χ4v) is 3.19. The summed E-state index contributed by atoms with van der Waals surface area (Å²) in [6.45, 7) is 2.37. The smallest absolute Gasteiger partial charge is 0.261 e. The number of amides is 2. The summed E-state index contributed by atoms with van der Waals surface area (Å²) in [4.78, 5) is 28.8. The van der Waals surface area contributed by atoms with Gasteiger partial charge in [-0.3, -0.25) is 14.3 Å². The maximum Gasteiger partial charge on any atom is 0.261 e. The number of aryl methyl sites for hydroxylation is 2. The zero-order valence-electron chi connectivity index (χ0n) is 14.1. The first-order chi connectivity index (χ1) is 12.0. The van der Waals surface area contributed by atoms with Gasteiger partial charge in [-0.1, -0.05) is 6.07 Å². The van der Waals surface area contributed by atoms with Crippen LogP contribution < -0.4 is 10.6 Å². The summed E-state index contributed by atoms with van der Waals surface area (Å²) in [6.07, 6.45) is 2.53. The van der Waals surface area contributed by atoms with Gasteiger partial charge in [-0.2, -0.15) is 5.10 Å². The number of hydrogen-bond donors (Lipinski definition) is 2. The number of anilines is 1. The SMILES string of the molecule is Cc1nn(C)c2ncc(NC(=O)CCCNC(=O)c3cccs3)cc12. The van der Waals surface area contributed by atoms with Crippen LogP contribution in [0.1, 0.15) is 28.2 Å². The number of aromatic nitrogens is 3. The van der Waals surface area contributed by atoms with Crippen LogP contribution in [-0.4, -0.2) is 33.1 Å². The van der Waals surface area contributed by atoms with Crippen molar-refractivity contribution in [2.24, 2.45) is 7.05 Å². The summed E-state index contributed by atoms with van der Waals surface area (Å²) in [5.41, 5.74) is 2.31. The fourth-order valence-electron chi connectivity index (χ4n) is 2.55. The van der Waals surface area contributed by atoms with Gasteiger partial charge in [0.15, 0.2) is 5.65 Å². The standard InChI is InChI=1S/C17H19N5O2S/c1-11-13-9-12(10-19-16(13)22(2)21-11)20-15(23)6-3-7-18-17(24)14-5-4-8-25-14/h4-5,8-10H,3,6-7H2,1-2H3,(H,18,24)(H,20,23). The monoisotopic (exact) mass is 357 g/mol. The Kier molecular flexibility index (Phi) is 5.08. The third kappa shape index (κ3) is 4.03. The first-order valence-electron chi connectivity index (χ1n) is 7.95. The largest absolute Gasteiger partial charge is 0.351 e. The lowest BCUT2D eigenvalue weighted by Crippen LogP contribution is -2.24. The van der Waals surface area contributed by atoms with Crippen LogP contribution in [0.25, 0.3) is 11.0 Å². The summed E-state index contributed by atoms with van der Waals surface area (Å²) in [6, 6.07) is 5.49. The van der Waals surface area contributed by atoms with E-state index in [0.717, 1.165) is 16.7 Å². The topological polar surface area (TPSA) is 88.9 Å². The average molecular weight is 357 g/mol. The van der Waals surface area contributed by atoms with E-state index >= 15 is 0 Å². The summed E-state index contributed by atoms with van der Waals surface area (Å²) >= 11 is 1.40. The number of thiophene rings is 1. The number of hydrogen-bond acceptors (Lipinski definition) is 5. The minimum atomic E-state index is -0.104.